The number of hydrogen-bond donors (Lipinski definition) is 2. The van der Waals surface area contributed by atoms with Crippen LogP contribution in [0.4, 0.5) is 28.9 Å². The van der Waals surface area contributed by atoms with Crippen molar-refractivity contribution >= 4 is 37.3 Å². The lowest BCUT2D eigenvalue weighted by atomic mass is 9.87. The molecule has 11 heteroatoms. The van der Waals surface area contributed by atoms with Gasteiger partial charge in [0.25, 0.3) is 0 Å². The van der Waals surface area contributed by atoms with E-state index in [0.717, 1.165) is 46.3 Å². The number of nitrogens with one attached hydrogen (secondary N) is 2. The molecule has 212 valence electrons. The number of benzene rings is 4. The number of rotatable bonds is 14. The molecule has 4 aromatic carbocycles. The second-order valence-electron chi connectivity index (χ2n) is 9.58. The van der Waals surface area contributed by atoms with Crippen LogP contribution >= 0.6 is 0 Å². The number of anilines is 2. The van der Waals surface area contributed by atoms with E-state index >= 15 is 0 Å². The van der Waals surface area contributed by atoms with Crippen molar-refractivity contribution in [1.29, 1.82) is 0 Å². The summed E-state index contributed by atoms with van der Waals surface area (Å²) in [5.74, 6) is -3.60. The van der Waals surface area contributed by atoms with Crippen LogP contribution in [0.15, 0.2) is 84.9 Å². The van der Waals surface area contributed by atoms with E-state index in [2.05, 4.69) is 10.6 Å². The molecule has 2 N–H and O–H groups in total. The van der Waals surface area contributed by atoms with Crippen molar-refractivity contribution in [3.63, 3.8) is 0 Å². The van der Waals surface area contributed by atoms with Crippen LogP contribution in [-0.4, -0.2) is 27.4 Å². The fraction of sp³-hybridized carbons (Fsp3) is 0.200. The molecule has 0 spiro atoms. The molecule has 0 radical (unpaired) electrons. The van der Waals surface area contributed by atoms with E-state index in [1.54, 1.807) is 13.8 Å². The molecule has 0 aliphatic carbocycles. The Morgan fingerprint density at radius 3 is 1.32 bits per heavy atom. The topological polar surface area (TPSA) is 51.8 Å². The van der Waals surface area contributed by atoms with Gasteiger partial charge in [0.05, 0.1) is 13.2 Å². The molecule has 0 saturated heterocycles. The van der Waals surface area contributed by atoms with E-state index in [1.165, 1.54) is 12.1 Å². The minimum absolute atomic E-state index is 0.356. The summed E-state index contributed by atoms with van der Waals surface area (Å²) in [5.41, 5.74) is 4.87. The zero-order valence-electron chi connectivity index (χ0n) is 22.8. The predicted molar refractivity (Wildman–Crippen MR) is 156 cm³/mol. The minimum Gasteiger partial charge on any atom is -0.416 e. The van der Waals surface area contributed by atoms with E-state index in [4.69, 9.17) is 14.0 Å². The maximum atomic E-state index is 13.4. The molecule has 0 aliphatic rings. The predicted octanol–water partition coefficient (Wildman–Crippen LogP) is 4.86. The van der Waals surface area contributed by atoms with Gasteiger partial charge in [0, 0.05) is 23.5 Å². The Bertz CT molecular complexity index is 1310. The Morgan fingerprint density at radius 2 is 0.951 bits per heavy atom. The van der Waals surface area contributed by atoms with E-state index in [-0.39, 0.29) is 0 Å². The summed E-state index contributed by atoms with van der Waals surface area (Å²) in [7, 11) is 0.712. The fourth-order valence-corrected chi connectivity index (χ4v) is 3.92. The molecule has 0 aromatic heterocycles. The smallest absolute Gasteiger partial charge is 0.311 e. The highest BCUT2D eigenvalue weighted by Crippen LogP contribution is 2.15. The molecule has 0 bridgehead atoms. The quantitative estimate of drug-likeness (QED) is 0.130. The SMILES string of the molecule is CC(Nc1ccc(F)c(F)c1)OBc1ccc(COCc2ccc(BOC(C)Nc3ccc(F)c(F)c3)cc2)cc1. The van der Waals surface area contributed by atoms with Crippen LogP contribution in [0.2, 0.25) is 0 Å². The average Bonchev–Trinajstić information content (AvgIpc) is 2.96. The molecule has 4 rings (SSSR count). The largest absolute Gasteiger partial charge is 0.416 e. The molecule has 4 aromatic rings. The number of hydrogen-bond acceptors (Lipinski definition) is 5. The van der Waals surface area contributed by atoms with Crippen LogP contribution < -0.4 is 21.6 Å². The number of halogens is 4. The van der Waals surface area contributed by atoms with Crippen molar-refractivity contribution in [2.75, 3.05) is 10.6 Å². The highest BCUT2D eigenvalue weighted by Gasteiger charge is 2.09. The van der Waals surface area contributed by atoms with Crippen LogP contribution in [0.25, 0.3) is 0 Å². The summed E-state index contributed by atoms with van der Waals surface area (Å²) in [6.07, 6.45) is -0.790. The molecule has 0 fully saturated rings. The third kappa shape index (κ3) is 9.67. The summed E-state index contributed by atoms with van der Waals surface area (Å²) in [4.78, 5) is 0. The monoisotopic (exact) mass is 564 g/mol. The van der Waals surface area contributed by atoms with E-state index < -0.39 is 35.7 Å². The molecule has 2 unspecified atom stereocenters. The third-order valence-corrected chi connectivity index (χ3v) is 6.16. The summed E-state index contributed by atoms with van der Waals surface area (Å²) >= 11 is 0. The van der Waals surface area contributed by atoms with Crippen LogP contribution in [0.3, 0.4) is 0 Å². The lowest BCUT2D eigenvalue weighted by molar-refractivity contribution is 0.107. The van der Waals surface area contributed by atoms with Crippen LogP contribution in [0.5, 0.6) is 0 Å². The summed E-state index contributed by atoms with van der Waals surface area (Å²) in [6, 6.07) is 23.0. The molecular weight excluding hydrogens is 534 g/mol. The Hall–Kier alpha value is -3.79. The zero-order valence-corrected chi connectivity index (χ0v) is 22.8. The van der Waals surface area contributed by atoms with Crippen molar-refractivity contribution in [3.05, 3.63) is 119 Å². The van der Waals surface area contributed by atoms with Crippen molar-refractivity contribution in [2.24, 2.45) is 0 Å². The third-order valence-electron chi connectivity index (χ3n) is 6.16. The number of ether oxygens (including phenoxy) is 1. The van der Waals surface area contributed by atoms with Gasteiger partial charge in [-0.05, 0) is 49.2 Å². The first kappa shape index (κ1) is 30.2. The first-order valence-electron chi connectivity index (χ1n) is 13.1. The maximum Gasteiger partial charge on any atom is 0.311 e. The van der Waals surface area contributed by atoms with Gasteiger partial charge in [0.1, 0.15) is 12.5 Å². The lowest BCUT2D eigenvalue weighted by Crippen LogP contribution is -2.27. The van der Waals surface area contributed by atoms with Gasteiger partial charge < -0.3 is 24.7 Å². The van der Waals surface area contributed by atoms with E-state index in [1.807, 2.05) is 48.5 Å². The molecule has 2 atom stereocenters. The van der Waals surface area contributed by atoms with Crippen molar-refractivity contribution in [2.45, 2.75) is 39.5 Å². The van der Waals surface area contributed by atoms with Gasteiger partial charge in [-0.2, -0.15) is 0 Å². The highest BCUT2D eigenvalue weighted by atomic mass is 19.2. The van der Waals surface area contributed by atoms with Crippen molar-refractivity contribution < 1.29 is 31.6 Å². The van der Waals surface area contributed by atoms with E-state index in [0.29, 0.717) is 39.6 Å². The van der Waals surface area contributed by atoms with Crippen LogP contribution in [-0.2, 0) is 27.3 Å². The fourth-order valence-electron chi connectivity index (χ4n) is 3.92. The molecule has 0 heterocycles. The Morgan fingerprint density at radius 1 is 0.561 bits per heavy atom. The summed E-state index contributed by atoms with van der Waals surface area (Å²) < 4.78 is 70.2. The van der Waals surface area contributed by atoms with Gasteiger partial charge in [-0.3, -0.25) is 0 Å². The van der Waals surface area contributed by atoms with E-state index in [9.17, 15) is 17.6 Å². The minimum atomic E-state index is -0.911. The van der Waals surface area contributed by atoms with Gasteiger partial charge in [-0.25, -0.2) is 17.6 Å². The average molecular weight is 564 g/mol. The normalized spacial score (nSPS) is 12.4. The highest BCUT2D eigenvalue weighted by molar-refractivity contribution is 6.47. The standard InChI is InChI=1S/C30H30B2F4N2O3/c1-19(37-25-11-13-27(33)29(35)15-25)40-31-23-7-3-21(4-8-23)17-39-18-22-5-9-24(10-6-22)32-41-20(2)38-26-12-14-28(34)30(36)16-26/h3-16,19-20,31-32,37-38H,17-18H2,1-2H3. The second kappa shape index (κ2) is 14.7. The van der Waals surface area contributed by atoms with Gasteiger partial charge in [-0.15, -0.1) is 0 Å². The molecular formula is C30H30B2F4N2O3. The first-order valence-corrected chi connectivity index (χ1v) is 13.1. The Kier molecular flexibility index (Phi) is 10.8. The van der Waals surface area contributed by atoms with Gasteiger partial charge >= 0.3 is 15.0 Å². The van der Waals surface area contributed by atoms with Crippen LogP contribution in [0.1, 0.15) is 25.0 Å². The van der Waals surface area contributed by atoms with Crippen molar-refractivity contribution in [1.82, 2.24) is 0 Å². The molecule has 0 saturated carbocycles. The van der Waals surface area contributed by atoms with Crippen molar-refractivity contribution in [3.8, 4) is 0 Å². The molecule has 5 nitrogen and oxygen atoms in total. The summed E-state index contributed by atoms with van der Waals surface area (Å²) in [6.45, 7) is 4.49. The molecule has 0 amide bonds. The van der Waals surface area contributed by atoms with Crippen LogP contribution in [0, 0.1) is 23.3 Å². The Balaban J connectivity index is 1.13. The van der Waals surface area contributed by atoms with Gasteiger partial charge in [0.15, 0.2) is 23.3 Å². The molecule has 41 heavy (non-hydrogen) atoms. The first-order chi connectivity index (χ1) is 19.7. The zero-order chi connectivity index (χ0) is 29.2. The Labute approximate surface area is 238 Å². The summed E-state index contributed by atoms with van der Waals surface area (Å²) in [5, 5.41) is 5.96. The maximum absolute atomic E-state index is 13.4. The second-order valence-corrected chi connectivity index (χ2v) is 9.58. The van der Waals surface area contributed by atoms with Gasteiger partial charge in [-0.1, -0.05) is 59.5 Å². The molecule has 0 aliphatic heterocycles. The lowest BCUT2D eigenvalue weighted by Gasteiger charge is -2.16. The van der Waals surface area contributed by atoms with Gasteiger partial charge in [0.2, 0.25) is 0 Å².